The van der Waals surface area contributed by atoms with E-state index in [1.807, 2.05) is 0 Å². The van der Waals surface area contributed by atoms with E-state index in [4.69, 9.17) is 0 Å². The zero-order chi connectivity index (χ0) is 12.1. The highest BCUT2D eigenvalue weighted by Crippen LogP contribution is 2.11. The summed E-state index contributed by atoms with van der Waals surface area (Å²) in [6.45, 7) is 4.57. The van der Waals surface area contributed by atoms with Gasteiger partial charge < -0.3 is 14.9 Å². The quantitative estimate of drug-likeness (QED) is 0.412. The number of rotatable bonds is 4. The number of hydrogen-bond acceptors (Lipinski definition) is 4. The Hall–Kier alpha value is -1.13. The minimum atomic E-state index is -1.30. The predicted molar refractivity (Wildman–Crippen MR) is 57.2 cm³/mol. The first-order valence-electron chi connectivity index (χ1n) is 4.66. The second kappa shape index (κ2) is 5.68. The Kier molecular flexibility index (Phi) is 5.25. The fourth-order valence-corrected chi connectivity index (χ4v) is 0.756. The van der Waals surface area contributed by atoms with E-state index in [1.54, 1.807) is 6.92 Å². The average Bonchev–Trinajstić information content (AvgIpc) is 2.15. The van der Waals surface area contributed by atoms with E-state index < -0.39 is 17.7 Å². The zero-order valence-electron chi connectivity index (χ0n) is 9.52. The van der Waals surface area contributed by atoms with Crippen LogP contribution in [0.25, 0.3) is 0 Å². The van der Waals surface area contributed by atoms with Crippen molar-refractivity contribution in [2.24, 2.45) is 0 Å². The molecular formula is C11H18O4. The van der Waals surface area contributed by atoms with Crippen LogP contribution in [0.15, 0.2) is 23.8 Å². The Labute approximate surface area is 89.9 Å². The maximum atomic E-state index is 11.0. The van der Waals surface area contributed by atoms with E-state index in [9.17, 15) is 15.0 Å². The van der Waals surface area contributed by atoms with Gasteiger partial charge in [0, 0.05) is 5.57 Å². The molecule has 0 rings (SSSR count). The summed E-state index contributed by atoms with van der Waals surface area (Å²) >= 11 is 0. The monoisotopic (exact) mass is 214 g/mol. The van der Waals surface area contributed by atoms with Crippen molar-refractivity contribution >= 4 is 5.97 Å². The molecule has 0 unspecified atom stereocenters. The molecule has 0 saturated heterocycles. The molecule has 4 heteroatoms. The molecule has 0 aromatic heterocycles. The first-order valence-corrected chi connectivity index (χ1v) is 4.66. The molecule has 86 valence electrons. The maximum Gasteiger partial charge on any atom is 0.333 e. The highest BCUT2D eigenvalue weighted by atomic mass is 16.5. The molecule has 0 bridgehead atoms. The van der Waals surface area contributed by atoms with Crippen LogP contribution in [-0.2, 0) is 9.53 Å². The van der Waals surface area contributed by atoms with Crippen molar-refractivity contribution in [2.45, 2.75) is 32.5 Å². The lowest BCUT2D eigenvalue weighted by Gasteiger charge is -2.21. The topological polar surface area (TPSA) is 66.8 Å². The molecule has 0 spiro atoms. The van der Waals surface area contributed by atoms with Crippen molar-refractivity contribution < 1.29 is 19.7 Å². The molecule has 0 radical (unpaired) electrons. The number of aliphatic hydroxyl groups excluding tert-OH is 1. The third-order valence-electron chi connectivity index (χ3n) is 2.13. The number of carbonyl (C=O) groups excluding carboxylic acids is 1. The minimum absolute atomic E-state index is 0.420. The summed E-state index contributed by atoms with van der Waals surface area (Å²) in [5, 5.41) is 18.8. The second-order valence-corrected chi connectivity index (χ2v) is 3.60. The van der Waals surface area contributed by atoms with E-state index in [-0.39, 0.29) is 0 Å². The van der Waals surface area contributed by atoms with Crippen LogP contribution in [0.4, 0.5) is 0 Å². The molecule has 15 heavy (non-hydrogen) atoms. The van der Waals surface area contributed by atoms with Gasteiger partial charge in [0.1, 0.15) is 5.60 Å². The Balaban J connectivity index is 4.50. The van der Waals surface area contributed by atoms with Gasteiger partial charge in [0.25, 0.3) is 0 Å². The summed E-state index contributed by atoms with van der Waals surface area (Å²) < 4.78 is 4.49. The molecule has 0 aromatic carbocycles. The summed E-state index contributed by atoms with van der Waals surface area (Å²) in [6, 6.07) is 0. The van der Waals surface area contributed by atoms with Crippen molar-refractivity contribution in [3.63, 3.8) is 0 Å². The molecule has 0 amide bonds. The van der Waals surface area contributed by atoms with Gasteiger partial charge in [-0.15, -0.1) is 0 Å². The van der Waals surface area contributed by atoms with Crippen molar-refractivity contribution in [3.05, 3.63) is 23.8 Å². The van der Waals surface area contributed by atoms with Crippen LogP contribution in [0.3, 0.4) is 0 Å². The van der Waals surface area contributed by atoms with Crippen molar-refractivity contribution in [2.75, 3.05) is 7.11 Å². The fraction of sp³-hybridized carbons (Fsp3) is 0.545. The van der Waals surface area contributed by atoms with Crippen molar-refractivity contribution in [1.29, 1.82) is 0 Å². The molecule has 2 N–H and O–H groups in total. The number of allylic oxidation sites excluding steroid dienone is 2. The molecule has 2 atom stereocenters. The number of esters is 1. The Morgan fingerprint density at radius 3 is 2.47 bits per heavy atom. The van der Waals surface area contributed by atoms with E-state index in [0.717, 1.165) is 0 Å². The predicted octanol–water partition coefficient (Wildman–Crippen LogP) is 0.794. The van der Waals surface area contributed by atoms with E-state index in [2.05, 4.69) is 4.74 Å². The summed E-state index contributed by atoms with van der Waals surface area (Å²) in [7, 11) is 1.30. The standard InChI is InChI=1S/C11H18O4/c1-8(10(13)15-4)6-5-7-11(3,14)9(2)12/h5-7,9,12,14H,1-4H3/b7-5+,8-6+/t9-,11+/m1/s1. The number of methoxy groups -OCH3 is 1. The first-order chi connectivity index (χ1) is 6.81. The van der Waals surface area contributed by atoms with E-state index in [0.29, 0.717) is 5.57 Å². The second-order valence-electron chi connectivity index (χ2n) is 3.60. The van der Waals surface area contributed by atoms with E-state index >= 15 is 0 Å². The number of carbonyl (C=O) groups is 1. The van der Waals surface area contributed by atoms with Crippen molar-refractivity contribution in [1.82, 2.24) is 0 Å². The van der Waals surface area contributed by atoms with Gasteiger partial charge in [-0.3, -0.25) is 0 Å². The highest BCUT2D eigenvalue weighted by molar-refractivity contribution is 5.87. The van der Waals surface area contributed by atoms with Gasteiger partial charge in [0.2, 0.25) is 0 Å². The average molecular weight is 214 g/mol. The van der Waals surface area contributed by atoms with Crippen LogP contribution < -0.4 is 0 Å². The maximum absolute atomic E-state index is 11.0. The van der Waals surface area contributed by atoms with Crippen LogP contribution in [0.2, 0.25) is 0 Å². The fourth-order valence-electron chi connectivity index (χ4n) is 0.756. The largest absolute Gasteiger partial charge is 0.466 e. The molecule has 0 aliphatic heterocycles. The summed E-state index contributed by atoms with van der Waals surface area (Å²) in [6.07, 6.45) is 3.58. The lowest BCUT2D eigenvalue weighted by molar-refractivity contribution is -0.136. The van der Waals surface area contributed by atoms with Gasteiger partial charge in [0.05, 0.1) is 13.2 Å². The van der Waals surface area contributed by atoms with Gasteiger partial charge >= 0.3 is 5.97 Å². The van der Waals surface area contributed by atoms with Crippen LogP contribution in [-0.4, -0.2) is 35.0 Å². The SMILES string of the molecule is COC(=O)/C(C)=C/C=C/[C@](C)(O)[C@@H](C)O. The zero-order valence-corrected chi connectivity index (χ0v) is 9.52. The number of aliphatic hydroxyl groups is 2. The molecule has 0 saturated carbocycles. The Bertz CT molecular complexity index is 274. The smallest absolute Gasteiger partial charge is 0.333 e. The molecule has 0 fully saturated rings. The molecule has 0 aliphatic carbocycles. The molecule has 0 aliphatic rings. The van der Waals surface area contributed by atoms with Crippen LogP contribution >= 0.6 is 0 Å². The summed E-state index contributed by atoms with van der Waals surface area (Å²) in [5.74, 6) is -0.420. The molecule has 0 aromatic rings. The van der Waals surface area contributed by atoms with Crippen LogP contribution in [0.1, 0.15) is 20.8 Å². The van der Waals surface area contributed by atoms with Crippen LogP contribution in [0.5, 0.6) is 0 Å². The van der Waals surface area contributed by atoms with Gasteiger partial charge in [-0.25, -0.2) is 4.79 Å². The first kappa shape index (κ1) is 13.9. The Morgan fingerprint density at radius 1 is 1.53 bits per heavy atom. The van der Waals surface area contributed by atoms with Gasteiger partial charge in [-0.05, 0) is 20.8 Å². The van der Waals surface area contributed by atoms with E-state index in [1.165, 1.54) is 39.2 Å². The summed E-state index contributed by atoms with van der Waals surface area (Å²) in [5.41, 5.74) is -0.873. The third kappa shape index (κ3) is 4.76. The van der Waals surface area contributed by atoms with Gasteiger partial charge in [-0.2, -0.15) is 0 Å². The number of hydrogen-bond donors (Lipinski definition) is 2. The molecule has 4 nitrogen and oxygen atoms in total. The number of ether oxygens (including phenoxy) is 1. The third-order valence-corrected chi connectivity index (χ3v) is 2.13. The highest BCUT2D eigenvalue weighted by Gasteiger charge is 2.22. The molecular weight excluding hydrogens is 196 g/mol. The summed E-state index contributed by atoms with van der Waals surface area (Å²) in [4.78, 5) is 11.0. The normalized spacial score (nSPS) is 18.7. The van der Waals surface area contributed by atoms with Gasteiger partial charge in [0.15, 0.2) is 0 Å². The lowest BCUT2D eigenvalue weighted by atomic mass is 10.00. The van der Waals surface area contributed by atoms with Crippen molar-refractivity contribution in [3.8, 4) is 0 Å². The molecule has 0 heterocycles. The minimum Gasteiger partial charge on any atom is -0.466 e. The van der Waals surface area contributed by atoms with Gasteiger partial charge in [-0.1, -0.05) is 18.2 Å². The lowest BCUT2D eigenvalue weighted by Crippen LogP contribution is -2.34. The Morgan fingerprint density at radius 2 is 2.07 bits per heavy atom. The van der Waals surface area contributed by atoms with Crippen LogP contribution in [0, 0.1) is 0 Å².